The van der Waals surface area contributed by atoms with Gasteiger partial charge in [-0.25, -0.2) is 23.9 Å². The highest BCUT2D eigenvalue weighted by atomic mass is 35.5. The van der Waals surface area contributed by atoms with Crippen LogP contribution in [0.3, 0.4) is 0 Å². The Balaban J connectivity index is 1.69. The summed E-state index contributed by atoms with van der Waals surface area (Å²) in [6.45, 7) is 2.15. The summed E-state index contributed by atoms with van der Waals surface area (Å²) < 4.78 is 13.6. The van der Waals surface area contributed by atoms with Crippen molar-refractivity contribution in [3.8, 4) is 5.75 Å². The lowest BCUT2D eigenvalue weighted by molar-refractivity contribution is -0.136. The Hall–Kier alpha value is -4.58. The maximum absolute atomic E-state index is 13.1. The van der Waals surface area contributed by atoms with E-state index < -0.39 is 17.3 Å². The van der Waals surface area contributed by atoms with Crippen LogP contribution in [0.2, 0.25) is 5.02 Å². The van der Waals surface area contributed by atoms with Gasteiger partial charge in [-0.3, -0.25) is 9.55 Å². The Morgan fingerprint density at radius 1 is 1.16 bits per heavy atom. The van der Waals surface area contributed by atoms with Crippen molar-refractivity contribution in [3.63, 3.8) is 0 Å². The summed E-state index contributed by atoms with van der Waals surface area (Å²) in [5.74, 6) is 6.50. The number of aromatic nitrogens is 4. The standard InChI is InChI=1S/C24H24ClN7O5/c1-3-30-23(34)31(14-18-5-4-16(25)12-28-18)22(32(26)24(30)35)29-17-6-8-19(9-7-17)37-20-10-15(11-27-13-20)21(33)36-2/h4-10,12-13,27H,3,11,14,26H2,1-2H3. The summed E-state index contributed by atoms with van der Waals surface area (Å²) in [6, 6.07) is 9.89. The molecule has 0 aliphatic carbocycles. The Kier molecular flexibility index (Phi) is 7.58. The van der Waals surface area contributed by atoms with Crippen LogP contribution in [0.25, 0.3) is 0 Å². The first-order valence-electron chi connectivity index (χ1n) is 11.2. The largest absolute Gasteiger partial charge is 0.466 e. The molecule has 4 rings (SSSR count). The average Bonchev–Trinajstić information content (AvgIpc) is 2.91. The van der Waals surface area contributed by atoms with E-state index in [-0.39, 0.29) is 18.7 Å². The zero-order chi connectivity index (χ0) is 26.5. The number of carbonyl (C=O) groups excluding carboxylic acids is 1. The molecule has 0 bridgehead atoms. The quantitative estimate of drug-likeness (QED) is 0.340. The second-order valence-corrected chi connectivity index (χ2v) is 8.27. The Labute approximate surface area is 215 Å². The van der Waals surface area contributed by atoms with Crippen molar-refractivity contribution < 1.29 is 14.3 Å². The molecule has 0 saturated heterocycles. The Morgan fingerprint density at radius 2 is 1.92 bits per heavy atom. The molecule has 3 N–H and O–H groups in total. The summed E-state index contributed by atoms with van der Waals surface area (Å²) in [5, 5.41) is 3.40. The van der Waals surface area contributed by atoms with Crippen LogP contribution in [0.5, 0.6) is 5.75 Å². The maximum Gasteiger partial charge on any atom is 0.353 e. The first-order chi connectivity index (χ1) is 17.8. The Morgan fingerprint density at radius 3 is 2.57 bits per heavy atom. The molecule has 2 aromatic heterocycles. The smallest absolute Gasteiger partial charge is 0.353 e. The van der Waals surface area contributed by atoms with Gasteiger partial charge in [0, 0.05) is 25.5 Å². The van der Waals surface area contributed by atoms with E-state index in [1.807, 2.05) is 0 Å². The SMILES string of the molecule is CCn1c(=O)n(N)c(=Nc2ccc(OC3=CNCC(C(=O)OC)=C3)cc2)n(Cc2ccc(Cl)cn2)c1=O. The number of nitrogens with two attached hydrogens (primary N) is 1. The maximum atomic E-state index is 13.1. The summed E-state index contributed by atoms with van der Waals surface area (Å²) >= 11 is 5.92. The van der Waals surface area contributed by atoms with Crippen LogP contribution in [0.15, 0.2) is 80.8 Å². The zero-order valence-corrected chi connectivity index (χ0v) is 20.8. The van der Waals surface area contributed by atoms with Crippen LogP contribution in [-0.2, 0) is 22.6 Å². The van der Waals surface area contributed by atoms with Gasteiger partial charge in [0.25, 0.3) is 0 Å². The zero-order valence-electron chi connectivity index (χ0n) is 20.1. The van der Waals surface area contributed by atoms with Crippen molar-refractivity contribution in [1.82, 2.24) is 24.1 Å². The van der Waals surface area contributed by atoms with E-state index in [1.54, 1.807) is 55.6 Å². The molecule has 12 nitrogen and oxygen atoms in total. The number of nitrogen functional groups attached to an aromatic ring is 1. The minimum Gasteiger partial charge on any atom is -0.466 e. The number of hydrogen-bond donors (Lipinski definition) is 2. The molecule has 37 heavy (non-hydrogen) atoms. The van der Waals surface area contributed by atoms with E-state index in [2.05, 4.69) is 15.3 Å². The molecule has 0 spiro atoms. The number of nitrogens with zero attached hydrogens (tertiary/aromatic N) is 5. The third-order valence-electron chi connectivity index (χ3n) is 5.38. The van der Waals surface area contributed by atoms with Gasteiger partial charge in [-0.1, -0.05) is 11.6 Å². The number of rotatable bonds is 7. The normalized spacial score (nSPS) is 13.4. The highest BCUT2D eigenvalue weighted by Gasteiger charge is 2.15. The summed E-state index contributed by atoms with van der Waals surface area (Å²) in [7, 11) is 1.31. The van der Waals surface area contributed by atoms with E-state index in [4.69, 9.17) is 26.9 Å². The summed E-state index contributed by atoms with van der Waals surface area (Å²) in [4.78, 5) is 46.2. The summed E-state index contributed by atoms with van der Waals surface area (Å²) in [5.41, 5.74) is 0.0378. The highest BCUT2D eigenvalue weighted by Crippen LogP contribution is 2.21. The number of nitrogens with one attached hydrogen (secondary N) is 1. The van der Waals surface area contributed by atoms with Crippen LogP contribution < -0.4 is 32.9 Å². The lowest BCUT2D eigenvalue weighted by atomic mass is 10.2. The molecule has 0 saturated carbocycles. The van der Waals surface area contributed by atoms with Gasteiger partial charge in [-0.15, -0.1) is 0 Å². The molecule has 0 radical (unpaired) electrons. The highest BCUT2D eigenvalue weighted by molar-refractivity contribution is 6.30. The monoisotopic (exact) mass is 525 g/mol. The van der Waals surface area contributed by atoms with Crippen LogP contribution >= 0.6 is 11.6 Å². The Bertz CT molecular complexity index is 1570. The van der Waals surface area contributed by atoms with Gasteiger partial charge in [-0.2, -0.15) is 4.68 Å². The van der Waals surface area contributed by atoms with Crippen molar-refractivity contribution in [2.24, 2.45) is 4.99 Å². The predicted octanol–water partition coefficient (Wildman–Crippen LogP) is 0.797. The number of halogens is 1. The number of pyridine rings is 1. The molecular weight excluding hydrogens is 502 g/mol. The van der Waals surface area contributed by atoms with Crippen LogP contribution in [-0.4, -0.2) is 38.4 Å². The molecular formula is C24H24ClN7O5. The fourth-order valence-electron chi connectivity index (χ4n) is 3.53. The van der Waals surface area contributed by atoms with Crippen LogP contribution in [0, 0.1) is 0 Å². The van der Waals surface area contributed by atoms with E-state index in [0.29, 0.717) is 40.0 Å². The third kappa shape index (κ3) is 5.64. The van der Waals surface area contributed by atoms with Gasteiger partial charge in [0.15, 0.2) is 0 Å². The van der Waals surface area contributed by atoms with Crippen LogP contribution in [0.1, 0.15) is 12.6 Å². The fraction of sp³-hybridized carbons (Fsp3) is 0.208. The van der Waals surface area contributed by atoms with Crippen molar-refractivity contribution >= 4 is 23.3 Å². The molecule has 0 amide bonds. The molecule has 0 unspecified atom stereocenters. The van der Waals surface area contributed by atoms with Gasteiger partial charge in [0.1, 0.15) is 11.5 Å². The molecule has 13 heteroatoms. The van der Waals surface area contributed by atoms with Crippen molar-refractivity contribution in [2.45, 2.75) is 20.0 Å². The summed E-state index contributed by atoms with van der Waals surface area (Å²) in [6.07, 6.45) is 4.68. The van der Waals surface area contributed by atoms with Gasteiger partial charge < -0.3 is 20.6 Å². The predicted molar refractivity (Wildman–Crippen MR) is 136 cm³/mol. The molecule has 1 aliphatic rings. The second-order valence-electron chi connectivity index (χ2n) is 7.83. The molecule has 0 fully saturated rings. The van der Waals surface area contributed by atoms with E-state index in [0.717, 1.165) is 9.24 Å². The van der Waals surface area contributed by atoms with Crippen molar-refractivity contribution in [3.05, 3.63) is 104 Å². The first kappa shape index (κ1) is 25.5. The molecule has 3 heterocycles. The minimum atomic E-state index is -0.698. The number of ether oxygens (including phenoxy) is 2. The van der Waals surface area contributed by atoms with E-state index in [9.17, 15) is 14.4 Å². The van der Waals surface area contributed by atoms with Gasteiger partial charge >= 0.3 is 17.3 Å². The molecule has 0 atom stereocenters. The fourth-order valence-corrected chi connectivity index (χ4v) is 3.64. The van der Waals surface area contributed by atoms with Gasteiger partial charge in [0.2, 0.25) is 5.62 Å². The topological polar surface area (TPSA) is 148 Å². The first-order valence-corrected chi connectivity index (χ1v) is 11.6. The number of allylic oxidation sites excluding steroid dienone is 1. The third-order valence-corrected chi connectivity index (χ3v) is 5.61. The van der Waals surface area contributed by atoms with Gasteiger partial charge in [-0.05, 0) is 49.4 Å². The number of esters is 1. The van der Waals surface area contributed by atoms with Crippen molar-refractivity contribution in [2.75, 3.05) is 19.5 Å². The molecule has 1 aliphatic heterocycles. The lowest BCUT2D eigenvalue weighted by Crippen LogP contribution is -2.57. The van der Waals surface area contributed by atoms with Crippen molar-refractivity contribution in [1.29, 1.82) is 0 Å². The average molecular weight is 526 g/mol. The lowest BCUT2D eigenvalue weighted by Gasteiger charge is -2.15. The van der Waals surface area contributed by atoms with E-state index in [1.165, 1.54) is 17.9 Å². The molecule has 1 aromatic carbocycles. The number of carbonyl (C=O) groups is 1. The molecule has 3 aromatic rings. The minimum absolute atomic E-state index is 0.0174. The van der Waals surface area contributed by atoms with E-state index >= 15 is 0 Å². The van der Waals surface area contributed by atoms with Crippen LogP contribution in [0.4, 0.5) is 5.69 Å². The number of dihydropyridines is 1. The molecule has 192 valence electrons. The van der Waals surface area contributed by atoms with Gasteiger partial charge in [0.05, 0.1) is 35.6 Å². The number of hydrogen-bond acceptors (Lipinski definition) is 9. The second kappa shape index (κ2) is 11.0. The number of methoxy groups -OCH3 is 1. The number of benzene rings is 1.